The van der Waals surface area contributed by atoms with Crippen molar-refractivity contribution in [2.75, 3.05) is 18.4 Å². The van der Waals surface area contributed by atoms with E-state index in [-0.39, 0.29) is 11.7 Å². The minimum absolute atomic E-state index is 0.159. The Morgan fingerprint density at radius 3 is 2.88 bits per heavy atom. The van der Waals surface area contributed by atoms with Crippen LogP contribution in [0.25, 0.3) is 11.3 Å². The Balaban J connectivity index is 1.44. The molecule has 6 nitrogen and oxygen atoms in total. The van der Waals surface area contributed by atoms with Gasteiger partial charge in [0.05, 0.1) is 5.69 Å². The van der Waals surface area contributed by atoms with Gasteiger partial charge in [-0.2, -0.15) is 0 Å². The summed E-state index contributed by atoms with van der Waals surface area (Å²) in [5.41, 5.74) is 2.53. The van der Waals surface area contributed by atoms with Crippen molar-refractivity contribution < 1.29 is 9.90 Å². The molecule has 2 aromatic rings. The zero-order valence-corrected chi connectivity index (χ0v) is 13.6. The van der Waals surface area contributed by atoms with Crippen molar-refractivity contribution in [2.24, 2.45) is 5.92 Å². The van der Waals surface area contributed by atoms with E-state index in [1.54, 1.807) is 19.1 Å². The number of fused-ring (bicyclic) bond motifs is 1. The fraction of sp³-hybridized carbons (Fsp3) is 0.389. The minimum atomic E-state index is 0.159. The number of hydrogen-bond acceptors (Lipinski definition) is 5. The summed E-state index contributed by atoms with van der Waals surface area (Å²) in [6, 6.07) is 9.52. The molecule has 1 fully saturated rings. The number of benzene rings is 1. The lowest BCUT2D eigenvalue weighted by Gasteiger charge is -2.39. The summed E-state index contributed by atoms with van der Waals surface area (Å²) in [7, 11) is 0. The highest BCUT2D eigenvalue weighted by atomic mass is 16.3. The molecule has 1 aromatic carbocycles. The maximum Gasteiger partial charge on any atom is 0.219 e. The van der Waals surface area contributed by atoms with Crippen LogP contribution in [0.2, 0.25) is 0 Å². The molecule has 24 heavy (non-hydrogen) atoms. The number of nitrogens with zero attached hydrogens (tertiary/aromatic N) is 3. The van der Waals surface area contributed by atoms with Crippen LogP contribution in [0.15, 0.2) is 30.3 Å². The molecule has 4 rings (SSSR count). The van der Waals surface area contributed by atoms with Gasteiger partial charge in [-0.3, -0.25) is 4.79 Å². The summed E-state index contributed by atoms with van der Waals surface area (Å²) in [6.07, 6.45) is 1.94. The summed E-state index contributed by atoms with van der Waals surface area (Å²) in [5.74, 6) is 1.77. The number of anilines is 1. The molecular formula is C18H20N4O2. The second kappa shape index (κ2) is 5.78. The zero-order chi connectivity index (χ0) is 16.7. The van der Waals surface area contributed by atoms with Gasteiger partial charge in [0.2, 0.25) is 5.91 Å². The number of rotatable bonds is 3. The van der Waals surface area contributed by atoms with Crippen molar-refractivity contribution >= 4 is 11.7 Å². The normalized spacial score (nSPS) is 19.5. The first-order chi connectivity index (χ1) is 11.6. The quantitative estimate of drug-likeness (QED) is 0.903. The molecule has 0 aliphatic carbocycles. The largest absolute Gasteiger partial charge is 0.507 e. The molecule has 2 aliphatic rings. The first kappa shape index (κ1) is 14.9. The van der Waals surface area contributed by atoms with Crippen molar-refractivity contribution in [1.82, 2.24) is 15.1 Å². The molecule has 0 radical (unpaired) electrons. The highest BCUT2D eigenvalue weighted by molar-refractivity contribution is 5.74. The molecule has 2 N–H and O–H groups in total. The third-order valence-electron chi connectivity index (χ3n) is 4.88. The van der Waals surface area contributed by atoms with Crippen LogP contribution < -0.4 is 5.32 Å². The fourth-order valence-corrected chi connectivity index (χ4v) is 3.56. The van der Waals surface area contributed by atoms with Crippen LogP contribution in [0.3, 0.4) is 0 Å². The molecule has 2 aliphatic heterocycles. The predicted octanol–water partition coefficient (Wildman–Crippen LogP) is 2.05. The van der Waals surface area contributed by atoms with E-state index in [1.165, 1.54) is 0 Å². The van der Waals surface area contributed by atoms with E-state index >= 15 is 0 Å². The van der Waals surface area contributed by atoms with E-state index < -0.39 is 0 Å². The Morgan fingerprint density at radius 1 is 1.33 bits per heavy atom. The van der Waals surface area contributed by atoms with Gasteiger partial charge in [0.25, 0.3) is 0 Å². The average molecular weight is 324 g/mol. The molecule has 1 atom stereocenters. The number of nitrogens with one attached hydrogen (secondary N) is 1. The Hall–Kier alpha value is -2.63. The third-order valence-corrected chi connectivity index (χ3v) is 4.88. The molecule has 1 unspecified atom stereocenters. The molecular weight excluding hydrogens is 304 g/mol. The van der Waals surface area contributed by atoms with Crippen molar-refractivity contribution in [2.45, 2.75) is 25.8 Å². The first-order valence-electron chi connectivity index (χ1n) is 8.27. The number of para-hydroxylation sites is 1. The van der Waals surface area contributed by atoms with Crippen molar-refractivity contribution in [3.8, 4) is 17.0 Å². The molecule has 124 valence electrons. The number of phenols is 1. The van der Waals surface area contributed by atoms with Gasteiger partial charge < -0.3 is 15.3 Å². The number of carbonyl (C=O) groups is 1. The molecule has 0 bridgehead atoms. The minimum Gasteiger partial charge on any atom is -0.507 e. The number of phenolic OH excluding ortho intramolecular Hbond substituents is 1. The topological polar surface area (TPSA) is 78.4 Å². The Labute approximate surface area is 140 Å². The van der Waals surface area contributed by atoms with Gasteiger partial charge in [-0.25, -0.2) is 0 Å². The van der Waals surface area contributed by atoms with Gasteiger partial charge in [0.1, 0.15) is 5.75 Å². The maximum absolute atomic E-state index is 11.3. The number of hydrogen-bond donors (Lipinski definition) is 2. The smallest absolute Gasteiger partial charge is 0.219 e. The third kappa shape index (κ3) is 2.68. The lowest BCUT2D eigenvalue weighted by Crippen LogP contribution is -2.50. The van der Waals surface area contributed by atoms with E-state index in [1.807, 2.05) is 23.1 Å². The molecule has 1 aromatic heterocycles. The zero-order valence-electron chi connectivity index (χ0n) is 13.6. The molecule has 1 saturated heterocycles. The van der Waals surface area contributed by atoms with E-state index in [2.05, 4.69) is 15.5 Å². The molecule has 6 heteroatoms. The maximum atomic E-state index is 11.3. The lowest BCUT2D eigenvalue weighted by atomic mass is 9.91. The number of aromatic nitrogens is 2. The van der Waals surface area contributed by atoms with Crippen LogP contribution in [-0.2, 0) is 11.2 Å². The van der Waals surface area contributed by atoms with Gasteiger partial charge in [0.15, 0.2) is 5.82 Å². The first-order valence-corrected chi connectivity index (χ1v) is 8.27. The predicted molar refractivity (Wildman–Crippen MR) is 90.6 cm³/mol. The summed E-state index contributed by atoms with van der Waals surface area (Å²) >= 11 is 0. The van der Waals surface area contributed by atoms with E-state index in [0.717, 1.165) is 37.3 Å². The average Bonchev–Trinajstić information content (AvgIpc) is 2.92. The van der Waals surface area contributed by atoms with Crippen LogP contribution in [0.5, 0.6) is 5.75 Å². The Bertz CT molecular complexity index is 786. The molecule has 1 amide bonds. The second-order valence-corrected chi connectivity index (χ2v) is 6.69. The number of carbonyl (C=O) groups excluding carboxylic acids is 1. The van der Waals surface area contributed by atoms with Gasteiger partial charge in [-0.05, 0) is 37.0 Å². The highest BCUT2D eigenvalue weighted by Gasteiger charge is 2.33. The van der Waals surface area contributed by atoms with Crippen LogP contribution in [0.1, 0.15) is 18.9 Å². The van der Waals surface area contributed by atoms with Crippen LogP contribution in [0, 0.1) is 5.92 Å². The van der Waals surface area contributed by atoms with Crippen molar-refractivity contribution in [1.29, 1.82) is 0 Å². The lowest BCUT2D eigenvalue weighted by molar-refractivity contribution is -0.135. The van der Waals surface area contributed by atoms with E-state index in [0.29, 0.717) is 23.2 Å². The summed E-state index contributed by atoms with van der Waals surface area (Å²) in [4.78, 5) is 13.1. The monoisotopic (exact) mass is 324 g/mol. The van der Waals surface area contributed by atoms with E-state index in [9.17, 15) is 9.90 Å². The van der Waals surface area contributed by atoms with Gasteiger partial charge >= 0.3 is 0 Å². The Morgan fingerprint density at radius 2 is 2.12 bits per heavy atom. The number of likely N-dealkylation sites (tertiary alicyclic amines) is 1. The molecule has 3 heterocycles. The second-order valence-electron chi connectivity index (χ2n) is 6.69. The van der Waals surface area contributed by atoms with Crippen LogP contribution in [0.4, 0.5) is 5.82 Å². The molecule has 0 saturated carbocycles. The fourth-order valence-electron chi connectivity index (χ4n) is 3.56. The summed E-state index contributed by atoms with van der Waals surface area (Å²) in [5, 5.41) is 21.9. The van der Waals surface area contributed by atoms with Crippen LogP contribution in [-0.4, -0.2) is 45.2 Å². The van der Waals surface area contributed by atoms with E-state index in [4.69, 9.17) is 0 Å². The van der Waals surface area contributed by atoms with Crippen molar-refractivity contribution in [3.05, 3.63) is 35.9 Å². The standard InChI is InChI=1S/C18H20N4O2/c1-11(23)22-9-12(10-22)6-14-7-13-8-16(20-21-18(13)19-14)15-4-2-3-5-17(15)24/h2-5,8,12,14,24H,6-7,9-10H2,1H3,(H,19,21). The van der Waals surface area contributed by atoms with Crippen molar-refractivity contribution in [3.63, 3.8) is 0 Å². The van der Waals surface area contributed by atoms with Crippen LogP contribution >= 0.6 is 0 Å². The SMILES string of the molecule is CC(=O)N1CC(CC2Cc3cc(-c4ccccc4O)nnc3N2)C1. The molecule has 0 spiro atoms. The van der Waals surface area contributed by atoms with Gasteiger partial charge in [0, 0.05) is 37.2 Å². The number of aromatic hydroxyl groups is 1. The van der Waals surface area contributed by atoms with Gasteiger partial charge in [-0.1, -0.05) is 12.1 Å². The summed E-state index contributed by atoms with van der Waals surface area (Å²) < 4.78 is 0. The highest BCUT2D eigenvalue weighted by Crippen LogP contribution is 2.33. The number of amides is 1. The Kier molecular flexibility index (Phi) is 3.59. The summed E-state index contributed by atoms with van der Waals surface area (Å²) in [6.45, 7) is 3.34. The van der Waals surface area contributed by atoms with Gasteiger partial charge in [-0.15, -0.1) is 10.2 Å².